The smallest absolute Gasteiger partial charge is 0.312 e. The van der Waals surface area contributed by atoms with Gasteiger partial charge in [0.1, 0.15) is 5.92 Å². The molecule has 0 spiro atoms. The van der Waals surface area contributed by atoms with Crippen molar-refractivity contribution in [3.8, 4) is 0 Å². The molecule has 1 atom stereocenters. The first-order valence-corrected chi connectivity index (χ1v) is 8.87. The van der Waals surface area contributed by atoms with E-state index in [9.17, 15) is 9.90 Å². The lowest BCUT2D eigenvalue weighted by Gasteiger charge is -2.41. The minimum atomic E-state index is -0.722. The maximum atomic E-state index is 11.3. The molecular weight excluding hydrogens is 284 g/mol. The molecule has 1 aromatic rings. The van der Waals surface area contributed by atoms with Crippen molar-refractivity contribution >= 4 is 22.4 Å². The number of nitrogens with zero attached hydrogens (tertiary/aromatic N) is 2. The molecule has 21 heavy (non-hydrogen) atoms. The predicted octanol–water partition coefficient (Wildman–Crippen LogP) is 3.66. The molecule has 5 heteroatoms. The maximum Gasteiger partial charge on any atom is 0.312 e. The number of rotatable bonds is 4. The van der Waals surface area contributed by atoms with Gasteiger partial charge in [-0.05, 0) is 31.1 Å². The highest BCUT2D eigenvalue weighted by Gasteiger charge is 2.35. The number of aryl methyl sites for hydroxylation is 1. The van der Waals surface area contributed by atoms with Gasteiger partial charge in [-0.3, -0.25) is 4.79 Å². The molecule has 2 heterocycles. The zero-order valence-corrected chi connectivity index (χ0v) is 13.7. The number of aromatic nitrogens is 1. The Hall–Kier alpha value is -1.10. The van der Waals surface area contributed by atoms with Crippen molar-refractivity contribution < 1.29 is 9.90 Å². The number of carbonyl (C=O) groups is 1. The number of anilines is 1. The zero-order chi connectivity index (χ0) is 15.0. The van der Waals surface area contributed by atoms with Crippen molar-refractivity contribution in [3.05, 3.63) is 10.6 Å². The molecule has 3 rings (SSSR count). The van der Waals surface area contributed by atoms with Crippen LogP contribution in [0.5, 0.6) is 0 Å². The first kappa shape index (κ1) is 14.8. The van der Waals surface area contributed by atoms with Crippen LogP contribution in [-0.4, -0.2) is 29.1 Å². The standard InChI is InChI=1S/C16H24N2O2S/c1-3-16(4-2)7-9-18(10-8-16)15-17-13-11(14(19)20)5-6-12(13)21-15/h11H,3-10H2,1-2H3,(H,19,20). The number of carboxylic acid groups (broad SMARTS) is 1. The molecule has 0 aromatic carbocycles. The van der Waals surface area contributed by atoms with Crippen molar-refractivity contribution in [2.24, 2.45) is 5.41 Å². The quantitative estimate of drug-likeness (QED) is 0.922. The minimum Gasteiger partial charge on any atom is -0.481 e. The molecular formula is C16H24N2O2S. The minimum absolute atomic E-state index is 0.375. The Labute approximate surface area is 130 Å². The molecule has 116 valence electrons. The highest BCUT2D eigenvalue weighted by Crippen LogP contribution is 2.43. The average molecular weight is 308 g/mol. The van der Waals surface area contributed by atoms with E-state index in [0.29, 0.717) is 5.41 Å². The van der Waals surface area contributed by atoms with Gasteiger partial charge in [-0.1, -0.05) is 26.7 Å². The van der Waals surface area contributed by atoms with Crippen LogP contribution in [0.2, 0.25) is 0 Å². The van der Waals surface area contributed by atoms with Crippen molar-refractivity contribution in [1.29, 1.82) is 0 Å². The molecule has 0 amide bonds. The Bertz CT molecular complexity index is 526. The van der Waals surface area contributed by atoms with Crippen LogP contribution in [-0.2, 0) is 11.2 Å². The van der Waals surface area contributed by atoms with Crippen LogP contribution in [0.1, 0.15) is 62.4 Å². The third-order valence-electron chi connectivity index (χ3n) is 5.60. The molecule has 4 nitrogen and oxygen atoms in total. The van der Waals surface area contributed by atoms with E-state index in [1.165, 1.54) is 30.6 Å². The largest absolute Gasteiger partial charge is 0.481 e. The molecule has 1 aliphatic carbocycles. The van der Waals surface area contributed by atoms with E-state index in [1.807, 2.05) is 0 Å². The number of hydrogen-bond acceptors (Lipinski definition) is 4. The van der Waals surface area contributed by atoms with Crippen LogP contribution in [0, 0.1) is 5.41 Å². The highest BCUT2D eigenvalue weighted by atomic mass is 32.1. The number of piperidine rings is 1. The molecule has 1 fully saturated rings. The van der Waals surface area contributed by atoms with E-state index in [1.54, 1.807) is 11.3 Å². The van der Waals surface area contributed by atoms with Gasteiger partial charge >= 0.3 is 5.97 Å². The summed E-state index contributed by atoms with van der Waals surface area (Å²) < 4.78 is 0. The van der Waals surface area contributed by atoms with Gasteiger partial charge in [0.05, 0.1) is 5.69 Å². The second-order valence-electron chi connectivity index (χ2n) is 6.43. The lowest BCUT2D eigenvalue weighted by molar-refractivity contribution is -0.138. The molecule has 1 unspecified atom stereocenters. The van der Waals surface area contributed by atoms with Gasteiger partial charge < -0.3 is 10.0 Å². The van der Waals surface area contributed by atoms with Crippen molar-refractivity contribution in [3.63, 3.8) is 0 Å². The third-order valence-corrected chi connectivity index (χ3v) is 6.79. The summed E-state index contributed by atoms with van der Waals surface area (Å²) in [6, 6.07) is 0. The van der Waals surface area contributed by atoms with Crippen LogP contribution in [0.3, 0.4) is 0 Å². The fourth-order valence-electron chi connectivity index (χ4n) is 3.72. The summed E-state index contributed by atoms with van der Waals surface area (Å²) in [4.78, 5) is 19.5. The van der Waals surface area contributed by atoms with Gasteiger partial charge in [-0.2, -0.15) is 0 Å². The fourth-order valence-corrected chi connectivity index (χ4v) is 4.91. The van der Waals surface area contributed by atoms with E-state index < -0.39 is 5.97 Å². The van der Waals surface area contributed by atoms with Crippen LogP contribution in [0.4, 0.5) is 5.13 Å². The Morgan fingerprint density at radius 1 is 1.38 bits per heavy atom. The monoisotopic (exact) mass is 308 g/mol. The number of thiazole rings is 1. The van der Waals surface area contributed by atoms with Gasteiger partial charge in [0.25, 0.3) is 0 Å². The molecule has 1 saturated heterocycles. The topological polar surface area (TPSA) is 53.4 Å². The number of carboxylic acids is 1. The first-order chi connectivity index (χ1) is 10.1. The zero-order valence-electron chi connectivity index (χ0n) is 12.9. The summed E-state index contributed by atoms with van der Waals surface area (Å²) in [5.41, 5.74) is 1.35. The molecule has 0 saturated carbocycles. The molecule has 1 N–H and O–H groups in total. The molecule has 1 aromatic heterocycles. The van der Waals surface area contributed by atoms with E-state index >= 15 is 0 Å². The maximum absolute atomic E-state index is 11.3. The predicted molar refractivity (Wildman–Crippen MR) is 85.3 cm³/mol. The van der Waals surface area contributed by atoms with Gasteiger partial charge in [0, 0.05) is 18.0 Å². The third kappa shape index (κ3) is 2.56. The number of hydrogen-bond donors (Lipinski definition) is 1. The van der Waals surface area contributed by atoms with Gasteiger partial charge in [-0.15, -0.1) is 11.3 Å². The molecule has 0 bridgehead atoms. The average Bonchev–Trinajstić information content (AvgIpc) is 3.07. The summed E-state index contributed by atoms with van der Waals surface area (Å²) >= 11 is 1.72. The van der Waals surface area contributed by atoms with Gasteiger partial charge in [-0.25, -0.2) is 4.98 Å². The van der Waals surface area contributed by atoms with Crippen LogP contribution in [0.15, 0.2) is 0 Å². The lowest BCUT2D eigenvalue weighted by atomic mass is 9.74. The van der Waals surface area contributed by atoms with Crippen molar-refractivity contribution in [2.45, 2.75) is 58.3 Å². The molecule has 2 aliphatic rings. The lowest BCUT2D eigenvalue weighted by Crippen LogP contribution is -2.39. The Morgan fingerprint density at radius 3 is 2.62 bits per heavy atom. The van der Waals surface area contributed by atoms with Crippen molar-refractivity contribution in [2.75, 3.05) is 18.0 Å². The van der Waals surface area contributed by atoms with E-state index in [2.05, 4.69) is 23.7 Å². The van der Waals surface area contributed by atoms with E-state index in [-0.39, 0.29) is 5.92 Å². The summed E-state index contributed by atoms with van der Waals surface area (Å²) in [5.74, 6) is -1.10. The van der Waals surface area contributed by atoms with E-state index in [0.717, 1.165) is 36.8 Å². The highest BCUT2D eigenvalue weighted by molar-refractivity contribution is 7.15. The summed E-state index contributed by atoms with van der Waals surface area (Å²) in [5, 5.41) is 10.3. The number of fused-ring (bicyclic) bond motifs is 1. The molecule has 0 radical (unpaired) electrons. The Morgan fingerprint density at radius 2 is 2.05 bits per heavy atom. The van der Waals surface area contributed by atoms with Crippen LogP contribution in [0.25, 0.3) is 0 Å². The summed E-state index contributed by atoms with van der Waals surface area (Å²) in [6.07, 6.45) is 6.57. The van der Waals surface area contributed by atoms with Gasteiger partial charge in [0.2, 0.25) is 0 Å². The number of aliphatic carboxylic acids is 1. The Kier molecular flexibility index (Phi) is 3.95. The molecule has 1 aliphatic heterocycles. The first-order valence-electron chi connectivity index (χ1n) is 8.06. The fraction of sp³-hybridized carbons (Fsp3) is 0.750. The van der Waals surface area contributed by atoms with Gasteiger partial charge in [0.15, 0.2) is 5.13 Å². The van der Waals surface area contributed by atoms with Crippen molar-refractivity contribution in [1.82, 2.24) is 4.98 Å². The second kappa shape index (κ2) is 5.59. The van der Waals surface area contributed by atoms with E-state index in [4.69, 9.17) is 0 Å². The summed E-state index contributed by atoms with van der Waals surface area (Å²) in [6.45, 7) is 6.72. The van der Waals surface area contributed by atoms with Crippen LogP contribution < -0.4 is 4.90 Å². The summed E-state index contributed by atoms with van der Waals surface area (Å²) in [7, 11) is 0. The second-order valence-corrected chi connectivity index (χ2v) is 7.49. The normalized spacial score (nSPS) is 24.1. The SMILES string of the molecule is CCC1(CC)CCN(c2nc3c(s2)CCC3C(=O)O)CC1. The Balaban J connectivity index is 1.73. The van der Waals surface area contributed by atoms with Crippen LogP contribution >= 0.6 is 11.3 Å².